The van der Waals surface area contributed by atoms with Crippen molar-refractivity contribution < 1.29 is 19.1 Å². The summed E-state index contributed by atoms with van der Waals surface area (Å²) in [5.74, 6) is -1.05. The van der Waals surface area contributed by atoms with Crippen molar-refractivity contribution in [2.75, 3.05) is 19.5 Å². The Kier molecular flexibility index (Phi) is 4.84. The van der Waals surface area contributed by atoms with Crippen molar-refractivity contribution in [3.63, 3.8) is 0 Å². The molecule has 1 aromatic heterocycles. The Morgan fingerprint density at radius 2 is 1.50 bits per heavy atom. The van der Waals surface area contributed by atoms with Gasteiger partial charge in [-0.05, 0) is 24.6 Å². The van der Waals surface area contributed by atoms with E-state index in [0.717, 1.165) is 11.3 Å². The molecule has 26 heavy (non-hydrogen) atoms. The van der Waals surface area contributed by atoms with E-state index in [1.807, 2.05) is 37.3 Å². The average Bonchev–Trinajstić information content (AvgIpc) is 2.67. The van der Waals surface area contributed by atoms with Crippen LogP contribution in [-0.4, -0.2) is 31.1 Å². The Morgan fingerprint density at radius 1 is 0.885 bits per heavy atom. The number of carbonyl (C=O) groups is 2. The number of methoxy groups -OCH3 is 2. The van der Waals surface area contributed by atoms with E-state index < -0.39 is 11.9 Å². The maximum absolute atomic E-state index is 12.5. The first-order chi connectivity index (χ1) is 12.6. The summed E-state index contributed by atoms with van der Waals surface area (Å²) < 4.78 is 9.81. The van der Waals surface area contributed by atoms with E-state index >= 15 is 0 Å². The third-order valence-electron chi connectivity index (χ3n) is 4.07. The first kappa shape index (κ1) is 17.4. The molecule has 1 heterocycles. The predicted octanol–water partition coefficient (Wildman–Crippen LogP) is 3.86. The summed E-state index contributed by atoms with van der Waals surface area (Å²) in [5.41, 5.74) is 2.48. The summed E-state index contributed by atoms with van der Waals surface area (Å²) in [7, 11) is 2.53. The molecule has 0 aliphatic carbocycles. The number of pyridine rings is 1. The molecule has 0 spiro atoms. The lowest BCUT2D eigenvalue weighted by molar-refractivity contribution is 0.0557. The highest BCUT2D eigenvalue weighted by atomic mass is 16.5. The summed E-state index contributed by atoms with van der Waals surface area (Å²) in [5, 5.41) is 3.67. The van der Waals surface area contributed by atoms with Gasteiger partial charge in [0.1, 0.15) is 11.4 Å². The number of aryl methyl sites for hydroxylation is 1. The van der Waals surface area contributed by atoms with Gasteiger partial charge in [0.05, 0.1) is 25.3 Å². The number of para-hydroxylation sites is 2. The Balaban J connectivity index is 2.32. The molecule has 132 valence electrons. The number of aromatic nitrogens is 1. The van der Waals surface area contributed by atoms with Crippen molar-refractivity contribution in [3.05, 3.63) is 65.2 Å². The zero-order valence-corrected chi connectivity index (χ0v) is 14.7. The largest absolute Gasteiger partial charge is 0.465 e. The van der Waals surface area contributed by atoms with Crippen LogP contribution in [0.2, 0.25) is 0 Å². The van der Waals surface area contributed by atoms with Crippen LogP contribution in [0.4, 0.5) is 11.5 Å². The molecular formula is C20H18N2O4. The van der Waals surface area contributed by atoms with E-state index in [1.54, 1.807) is 18.2 Å². The summed E-state index contributed by atoms with van der Waals surface area (Å²) in [6.07, 6.45) is 0. The number of nitrogens with one attached hydrogen (secondary N) is 1. The van der Waals surface area contributed by atoms with Gasteiger partial charge in [-0.15, -0.1) is 0 Å². The van der Waals surface area contributed by atoms with Crippen LogP contribution in [-0.2, 0) is 9.47 Å². The van der Waals surface area contributed by atoms with Crippen LogP contribution >= 0.6 is 0 Å². The molecular weight excluding hydrogens is 332 g/mol. The molecule has 3 rings (SSSR count). The zero-order chi connectivity index (χ0) is 18.7. The van der Waals surface area contributed by atoms with Crippen LogP contribution in [0, 0.1) is 6.92 Å². The lowest BCUT2D eigenvalue weighted by atomic mass is 10.0. The molecule has 0 radical (unpaired) electrons. The van der Waals surface area contributed by atoms with Crippen LogP contribution in [0.1, 0.15) is 26.3 Å². The molecule has 6 nitrogen and oxygen atoms in total. The van der Waals surface area contributed by atoms with E-state index in [2.05, 4.69) is 10.3 Å². The minimum atomic E-state index is -0.667. The van der Waals surface area contributed by atoms with Crippen molar-refractivity contribution in [1.82, 2.24) is 4.98 Å². The summed E-state index contributed by atoms with van der Waals surface area (Å²) >= 11 is 0. The van der Waals surface area contributed by atoms with Gasteiger partial charge in [0.25, 0.3) is 0 Å². The number of carbonyl (C=O) groups excluding carboxylic acids is 2. The second-order valence-corrected chi connectivity index (χ2v) is 5.65. The third kappa shape index (κ3) is 3.09. The number of esters is 2. The zero-order valence-electron chi connectivity index (χ0n) is 14.7. The fraction of sp³-hybridized carbons (Fsp3) is 0.150. The molecule has 3 aromatic rings. The van der Waals surface area contributed by atoms with E-state index in [0.29, 0.717) is 10.9 Å². The number of hydrogen-bond donors (Lipinski definition) is 1. The second kappa shape index (κ2) is 7.23. The second-order valence-electron chi connectivity index (χ2n) is 5.65. The van der Waals surface area contributed by atoms with Gasteiger partial charge in [-0.2, -0.15) is 0 Å². The van der Waals surface area contributed by atoms with Gasteiger partial charge in [-0.25, -0.2) is 14.6 Å². The molecule has 0 atom stereocenters. The number of nitrogens with zero attached hydrogens (tertiary/aromatic N) is 1. The quantitative estimate of drug-likeness (QED) is 0.720. The molecule has 0 saturated heterocycles. The Hall–Kier alpha value is -3.41. The van der Waals surface area contributed by atoms with Crippen LogP contribution in [0.15, 0.2) is 48.5 Å². The fourth-order valence-electron chi connectivity index (χ4n) is 2.76. The van der Waals surface area contributed by atoms with Gasteiger partial charge < -0.3 is 14.8 Å². The molecule has 0 bridgehead atoms. The maximum atomic E-state index is 12.5. The molecule has 6 heteroatoms. The topological polar surface area (TPSA) is 77.5 Å². The summed E-state index contributed by atoms with van der Waals surface area (Å²) in [6.45, 7) is 1.93. The van der Waals surface area contributed by atoms with Crippen molar-refractivity contribution in [1.29, 1.82) is 0 Å². The molecule has 0 aliphatic rings. The number of ether oxygens (including phenoxy) is 2. The number of rotatable bonds is 4. The molecule has 0 saturated carbocycles. The third-order valence-corrected chi connectivity index (χ3v) is 4.07. The SMILES string of the molecule is COC(=O)c1c(Nc2ccccc2C)nc2ccccc2c1C(=O)OC. The minimum Gasteiger partial charge on any atom is -0.465 e. The van der Waals surface area contributed by atoms with Gasteiger partial charge in [0.15, 0.2) is 0 Å². The number of hydrogen-bond acceptors (Lipinski definition) is 6. The maximum Gasteiger partial charge on any atom is 0.342 e. The fourth-order valence-corrected chi connectivity index (χ4v) is 2.76. The smallest absolute Gasteiger partial charge is 0.342 e. The summed E-state index contributed by atoms with van der Waals surface area (Å²) in [4.78, 5) is 29.5. The standard InChI is InChI=1S/C20H18N2O4/c1-12-8-4-6-10-14(12)21-18-17(20(24)26-3)16(19(23)25-2)13-9-5-7-11-15(13)22-18/h4-11H,1-3H3,(H,21,22). The van der Waals surface area contributed by atoms with Gasteiger partial charge in [-0.3, -0.25) is 0 Å². The minimum absolute atomic E-state index is 0.0429. The number of anilines is 2. The molecule has 0 amide bonds. The molecule has 2 aromatic carbocycles. The lowest BCUT2D eigenvalue weighted by Gasteiger charge is -2.16. The average molecular weight is 350 g/mol. The van der Waals surface area contributed by atoms with E-state index in [-0.39, 0.29) is 16.9 Å². The Bertz CT molecular complexity index is 998. The Morgan fingerprint density at radius 3 is 2.19 bits per heavy atom. The number of benzene rings is 2. The molecule has 0 aliphatic heterocycles. The van der Waals surface area contributed by atoms with E-state index in [4.69, 9.17) is 9.47 Å². The van der Waals surface area contributed by atoms with Crippen molar-refractivity contribution in [3.8, 4) is 0 Å². The molecule has 0 fully saturated rings. The van der Waals surface area contributed by atoms with Crippen molar-refractivity contribution in [2.24, 2.45) is 0 Å². The molecule has 0 unspecified atom stereocenters. The normalized spacial score (nSPS) is 10.4. The van der Waals surface area contributed by atoms with Gasteiger partial charge >= 0.3 is 11.9 Å². The molecule has 1 N–H and O–H groups in total. The van der Waals surface area contributed by atoms with Crippen LogP contribution < -0.4 is 5.32 Å². The van der Waals surface area contributed by atoms with Gasteiger partial charge in [0.2, 0.25) is 0 Å². The lowest BCUT2D eigenvalue weighted by Crippen LogP contribution is -2.16. The monoisotopic (exact) mass is 350 g/mol. The first-order valence-electron chi connectivity index (χ1n) is 7.98. The van der Waals surface area contributed by atoms with Crippen molar-refractivity contribution in [2.45, 2.75) is 6.92 Å². The van der Waals surface area contributed by atoms with Crippen LogP contribution in [0.3, 0.4) is 0 Å². The van der Waals surface area contributed by atoms with Crippen LogP contribution in [0.25, 0.3) is 10.9 Å². The Labute approximate surface area is 150 Å². The summed E-state index contributed by atoms with van der Waals surface area (Å²) in [6, 6.07) is 14.7. The van der Waals surface area contributed by atoms with E-state index in [9.17, 15) is 9.59 Å². The van der Waals surface area contributed by atoms with Gasteiger partial charge in [-0.1, -0.05) is 36.4 Å². The highest BCUT2D eigenvalue weighted by molar-refractivity contribution is 6.14. The van der Waals surface area contributed by atoms with E-state index in [1.165, 1.54) is 14.2 Å². The van der Waals surface area contributed by atoms with Crippen molar-refractivity contribution >= 4 is 34.3 Å². The first-order valence-corrected chi connectivity index (χ1v) is 7.98. The number of fused-ring (bicyclic) bond motifs is 1. The van der Waals surface area contributed by atoms with Gasteiger partial charge in [0, 0.05) is 11.1 Å². The highest BCUT2D eigenvalue weighted by Gasteiger charge is 2.27. The van der Waals surface area contributed by atoms with Crippen LogP contribution in [0.5, 0.6) is 0 Å². The highest BCUT2D eigenvalue weighted by Crippen LogP contribution is 2.30. The predicted molar refractivity (Wildman–Crippen MR) is 98.9 cm³/mol.